The lowest BCUT2D eigenvalue weighted by Gasteiger charge is -2.22. The summed E-state index contributed by atoms with van der Waals surface area (Å²) in [6.45, 7) is 5.44. The van der Waals surface area contributed by atoms with Crippen LogP contribution in [0.1, 0.15) is 23.1 Å². The molecule has 0 spiro atoms. The van der Waals surface area contributed by atoms with E-state index in [0.717, 1.165) is 75.0 Å². The molecular weight excluding hydrogens is 475 g/mol. The SMILES string of the molecule is COc1ccc(CCN(C)CCCN2CCc3cc(OC)c(OC)cc3CC2)cc1OC.Cl.Cl. The fraction of sp³-hybridized carbons (Fsp3) is 0.538. The van der Waals surface area contributed by atoms with Gasteiger partial charge >= 0.3 is 0 Å². The van der Waals surface area contributed by atoms with Crippen LogP contribution in [0.3, 0.4) is 0 Å². The molecule has 0 saturated heterocycles. The number of nitrogens with zero attached hydrogens (tertiary/aromatic N) is 2. The summed E-state index contributed by atoms with van der Waals surface area (Å²) in [4.78, 5) is 5.00. The predicted molar refractivity (Wildman–Crippen MR) is 143 cm³/mol. The standard InChI is InChI=1S/C26H38N2O4.2ClH/c1-27(14-9-20-7-8-23(29-2)24(17-20)30-3)12-6-13-28-15-10-21-18-25(31-4)26(32-5)19-22(21)11-16-28;;/h7-8,17-19H,6,9-16H2,1-5H3;2*1H. The van der Waals surface area contributed by atoms with Gasteiger partial charge in [0.05, 0.1) is 28.4 Å². The maximum atomic E-state index is 5.48. The van der Waals surface area contributed by atoms with Gasteiger partial charge in [0, 0.05) is 19.6 Å². The summed E-state index contributed by atoms with van der Waals surface area (Å²) in [5, 5.41) is 0. The largest absolute Gasteiger partial charge is 0.493 e. The average Bonchev–Trinajstić information content (AvgIpc) is 3.03. The normalized spacial score (nSPS) is 13.2. The monoisotopic (exact) mass is 514 g/mol. The van der Waals surface area contributed by atoms with Gasteiger partial charge < -0.3 is 28.7 Å². The number of fused-ring (bicyclic) bond motifs is 1. The second kappa shape index (κ2) is 15.2. The Morgan fingerprint density at radius 3 is 1.79 bits per heavy atom. The van der Waals surface area contributed by atoms with Gasteiger partial charge in [-0.2, -0.15) is 0 Å². The second-order valence-corrected chi connectivity index (χ2v) is 8.41. The topological polar surface area (TPSA) is 43.4 Å². The average molecular weight is 516 g/mol. The lowest BCUT2D eigenvalue weighted by Crippen LogP contribution is -2.31. The number of benzene rings is 2. The van der Waals surface area contributed by atoms with Crippen LogP contribution in [0.4, 0.5) is 0 Å². The molecule has 8 heteroatoms. The van der Waals surface area contributed by atoms with Crippen molar-refractivity contribution in [2.24, 2.45) is 0 Å². The Labute approximate surface area is 217 Å². The van der Waals surface area contributed by atoms with Crippen molar-refractivity contribution >= 4 is 24.8 Å². The molecule has 0 fully saturated rings. The van der Waals surface area contributed by atoms with Crippen molar-refractivity contribution in [1.29, 1.82) is 0 Å². The Morgan fingerprint density at radius 2 is 1.26 bits per heavy atom. The first-order valence-corrected chi connectivity index (χ1v) is 11.4. The Hall–Kier alpha value is -1.86. The Bertz CT molecular complexity index is 847. The number of ether oxygens (including phenoxy) is 4. The zero-order valence-corrected chi connectivity index (χ0v) is 22.7. The molecule has 192 valence electrons. The molecule has 0 aromatic heterocycles. The van der Waals surface area contributed by atoms with Crippen LogP contribution in [0.25, 0.3) is 0 Å². The molecule has 0 unspecified atom stereocenters. The minimum absolute atomic E-state index is 0. The van der Waals surface area contributed by atoms with E-state index in [2.05, 4.69) is 41.1 Å². The van der Waals surface area contributed by atoms with Gasteiger partial charge in [0.2, 0.25) is 0 Å². The summed E-state index contributed by atoms with van der Waals surface area (Å²) in [6.07, 6.45) is 4.29. The van der Waals surface area contributed by atoms with Gasteiger partial charge in [-0.25, -0.2) is 0 Å². The molecule has 0 N–H and O–H groups in total. The second-order valence-electron chi connectivity index (χ2n) is 8.41. The minimum Gasteiger partial charge on any atom is -0.493 e. The van der Waals surface area contributed by atoms with E-state index in [-0.39, 0.29) is 24.8 Å². The van der Waals surface area contributed by atoms with E-state index in [1.54, 1.807) is 28.4 Å². The first-order valence-electron chi connectivity index (χ1n) is 11.4. The van der Waals surface area contributed by atoms with Crippen LogP contribution in [0.15, 0.2) is 30.3 Å². The highest BCUT2D eigenvalue weighted by atomic mass is 35.5. The lowest BCUT2D eigenvalue weighted by molar-refractivity contribution is 0.254. The third kappa shape index (κ3) is 8.12. The molecule has 1 heterocycles. The van der Waals surface area contributed by atoms with Crippen LogP contribution in [-0.2, 0) is 19.3 Å². The van der Waals surface area contributed by atoms with Crippen LogP contribution in [-0.4, -0.2) is 78.0 Å². The van der Waals surface area contributed by atoms with Gasteiger partial charge in [0.25, 0.3) is 0 Å². The molecule has 2 aromatic rings. The molecular formula is C26H40Cl2N2O4. The molecule has 0 aliphatic carbocycles. The minimum atomic E-state index is 0. The molecule has 1 aliphatic heterocycles. The third-order valence-corrected chi connectivity index (χ3v) is 6.34. The summed E-state index contributed by atoms with van der Waals surface area (Å²) < 4.78 is 21.7. The van der Waals surface area contributed by atoms with Gasteiger partial charge in [-0.15, -0.1) is 24.8 Å². The van der Waals surface area contributed by atoms with Gasteiger partial charge in [0.15, 0.2) is 23.0 Å². The lowest BCUT2D eigenvalue weighted by atomic mass is 10.0. The van der Waals surface area contributed by atoms with Crippen LogP contribution in [0.5, 0.6) is 23.0 Å². The molecule has 3 rings (SSSR count). The van der Waals surface area contributed by atoms with Gasteiger partial charge in [0.1, 0.15) is 0 Å². The van der Waals surface area contributed by atoms with E-state index in [4.69, 9.17) is 18.9 Å². The van der Waals surface area contributed by atoms with E-state index in [0.29, 0.717) is 0 Å². The summed E-state index contributed by atoms with van der Waals surface area (Å²) >= 11 is 0. The smallest absolute Gasteiger partial charge is 0.161 e. The van der Waals surface area contributed by atoms with E-state index in [1.807, 2.05) is 6.07 Å². The van der Waals surface area contributed by atoms with E-state index >= 15 is 0 Å². The highest BCUT2D eigenvalue weighted by molar-refractivity contribution is 5.85. The van der Waals surface area contributed by atoms with E-state index in [9.17, 15) is 0 Å². The predicted octanol–water partition coefficient (Wildman–Crippen LogP) is 4.53. The van der Waals surface area contributed by atoms with Gasteiger partial charge in [-0.05, 0) is 86.8 Å². The van der Waals surface area contributed by atoms with Gasteiger partial charge in [-0.3, -0.25) is 0 Å². The number of hydrogen-bond acceptors (Lipinski definition) is 6. The zero-order chi connectivity index (χ0) is 22.9. The Morgan fingerprint density at radius 1 is 0.735 bits per heavy atom. The fourth-order valence-electron chi connectivity index (χ4n) is 4.35. The molecule has 0 amide bonds. The number of likely N-dealkylation sites (N-methyl/N-ethyl adjacent to an activating group) is 1. The van der Waals surface area contributed by atoms with Crippen LogP contribution < -0.4 is 18.9 Å². The maximum Gasteiger partial charge on any atom is 0.161 e. The van der Waals surface area contributed by atoms with E-state index in [1.165, 1.54) is 23.1 Å². The first kappa shape index (κ1) is 30.2. The molecule has 0 atom stereocenters. The maximum absolute atomic E-state index is 5.48. The quantitative estimate of drug-likeness (QED) is 0.438. The Balaban J connectivity index is 0.00000289. The van der Waals surface area contributed by atoms with Crippen molar-refractivity contribution in [2.45, 2.75) is 25.7 Å². The molecule has 0 radical (unpaired) electrons. The molecule has 0 saturated carbocycles. The van der Waals surface area contributed by atoms with Crippen molar-refractivity contribution in [1.82, 2.24) is 9.80 Å². The highest BCUT2D eigenvalue weighted by Crippen LogP contribution is 2.32. The summed E-state index contributed by atoms with van der Waals surface area (Å²) in [6, 6.07) is 10.5. The molecule has 6 nitrogen and oxygen atoms in total. The van der Waals surface area contributed by atoms with E-state index < -0.39 is 0 Å². The summed E-state index contributed by atoms with van der Waals surface area (Å²) in [5.74, 6) is 3.23. The van der Waals surface area contributed by atoms with Crippen LogP contribution >= 0.6 is 24.8 Å². The zero-order valence-electron chi connectivity index (χ0n) is 21.1. The molecule has 1 aliphatic rings. The summed E-state index contributed by atoms with van der Waals surface area (Å²) in [7, 11) is 8.96. The van der Waals surface area contributed by atoms with Crippen molar-refractivity contribution in [2.75, 3.05) is 68.2 Å². The third-order valence-electron chi connectivity index (χ3n) is 6.34. The number of rotatable bonds is 11. The van der Waals surface area contributed by atoms with Crippen molar-refractivity contribution in [3.63, 3.8) is 0 Å². The van der Waals surface area contributed by atoms with Gasteiger partial charge in [-0.1, -0.05) is 6.07 Å². The van der Waals surface area contributed by atoms with Crippen LogP contribution in [0, 0.1) is 0 Å². The molecule has 34 heavy (non-hydrogen) atoms. The first-order chi connectivity index (χ1) is 15.6. The van der Waals surface area contributed by atoms with Crippen LogP contribution in [0.2, 0.25) is 0 Å². The number of halogens is 2. The van der Waals surface area contributed by atoms with Crippen molar-refractivity contribution in [3.8, 4) is 23.0 Å². The highest BCUT2D eigenvalue weighted by Gasteiger charge is 2.17. The number of methoxy groups -OCH3 is 4. The Kier molecular flexibility index (Phi) is 13.5. The number of hydrogen-bond donors (Lipinski definition) is 0. The molecule has 2 aromatic carbocycles. The summed E-state index contributed by atoms with van der Waals surface area (Å²) in [5.41, 5.74) is 4.04. The molecule has 0 bridgehead atoms. The van der Waals surface area contributed by atoms with Crippen molar-refractivity contribution in [3.05, 3.63) is 47.0 Å². The van der Waals surface area contributed by atoms with Crippen molar-refractivity contribution < 1.29 is 18.9 Å². The fourth-order valence-corrected chi connectivity index (χ4v) is 4.35.